The summed E-state index contributed by atoms with van der Waals surface area (Å²) in [5.74, 6) is -0.698. The Morgan fingerprint density at radius 1 is 0.875 bits per heavy atom. The maximum absolute atomic E-state index is 11.7. The van der Waals surface area contributed by atoms with Gasteiger partial charge in [0.05, 0.1) is 56.8 Å². The lowest BCUT2D eigenvalue weighted by atomic mass is 9.72. The number of nitrogens with two attached hydrogens (primary N) is 4. The van der Waals surface area contributed by atoms with Gasteiger partial charge in [-0.15, -0.1) is 0 Å². The van der Waals surface area contributed by atoms with Gasteiger partial charge in [0.15, 0.2) is 6.29 Å². The summed E-state index contributed by atoms with van der Waals surface area (Å²) in [6, 6.07) is -4.10. The van der Waals surface area contributed by atoms with Gasteiger partial charge in [-0.1, -0.05) is 0 Å². The zero-order valence-corrected chi connectivity index (χ0v) is 22.7. The molecule has 3 fully saturated rings. The molecule has 236 valence electrons. The molecular formula is C24H50N6O10. The van der Waals surface area contributed by atoms with E-state index in [-0.39, 0.29) is 19.1 Å². The number of hydrogen-bond donors (Lipinski definition) is 13. The van der Waals surface area contributed by atoms with Gasteiger partial charge in [-0.3, -0.25) is 0 Å². The summed E-state index contributed by atoms with van der Waals surface area (Å²) in [5, 5.41) is 76.9. The third-order valence-electron chi connectivity index (χ3n) is 8.25. The summed E-state index contributed by atoms with van der Waals surface area (Å²) in [5.41, 5.74) is 24.7. The van der Waals surface area contributed by atoms with E-state index in [2.05, 4.69) is 10.6 Å². The summed E-state index contributed by atoms with van der Waals surface area (Å²) in [7, 11) is 0. The van der Waals surface area contributed by atoms with Gasteiger partial charge >= 0.3 is 0 Å². The largest absolute Gasteiger partial charge is 0.395 e. The van der Waals surface area contributed by atoms with E-state index in [9.17, 15) is 30.6 Å². The van der Waals surface area contributed by atoms with Crippen LogP contribution in [0.3, 0.4) is 0 Å². The predicted molar refractivity (Wildman–Crippen MR) is 141 cm³/mol. The fourth-order valence-corrected chi connectivity index (χ4v) is 5.87. The first-order valence-corrected chi connectivity index (χ1v) is 14.0. The summed E-state index contributed by atoms with van der Waals surface area (Å²) >= 11 is 0. The van der Waals surface area contributed by atoms with Gasteiger partial charge < -0.3 is 83.5 Å². The van der Waals surface area contributed by atoms with Crippen molar-refractivity contribution in [3.05, 3.63) is 0 Å². The number of rotatable bonds is 13. The van der Waals surface area contributed by atoms with Gasteiger partial charge in [0, 0.05) is 43.2 Å². The van der Waals surface area contributed by atoms with E-state index in [4.69, 9.17) is 42.3 Å². The van der Waals surface area contributed by atoms with Gasteiger partial charge in [0.2, 0.25) is 0 Å². The summed E-state index contributed by atoms with van der Waals surface area (Å²) < 4.78 is 18.0. The minimum atomic E-state index is -1.49. The van der Waals surface area contributed by atoms with Crippen molar-refractivity contribution in [1.29, 1.82) is 0 Å². The van der Waals surface area contributed by atoms with Crippen molar-refractivity contribution in [3.63, 3.8) is 0 Å². The molecule has 16 heteroatoms. The highest BCUT2D eigenvalue weighted by molar-refractivity contribution is 5.05. The van der Waals surface area contributed by atoms with E-state index < -0.39 is 105 Å². The molecule has 0 radical (unpaired) electrons. The van der Waals surface area contributed by atoms with Crippen molar-refractivity contribution in [1.82, 2.24) is 10.6 Å². The minimum Gasteiger partial charge on any atom is -0.395 e. The molecular weight excluding hydrogens is 532 g/mol. The van der Waals surface area contributed by atoms with Crippen molar-refractivity contribution >= 4 is 0 Å². The predicted octanol–water partition coefficient (Wildman–Crippen LogP) is -7.06. The minimum absolute atomic E-state index is 0.151. The normalized spacial score (nSPS) is 43.6. The SMILES string of the molecule is NC(CO)CNCC1CCC(N)C(C2C(N)CC(NC(CO)CO)C(OC3OC(CO)C(O)C(N)C3O)C2O)O1. The Morgan fingerprint density at radius 3 is 2.20 bits per heavy atom. The highest BCUT2D eigenvalue weighted by atomic mass is 16.7. The van der Waals surface area contributed by atoms with Crippen molar-refractivity contribution in [2.45, 2.75) is 105 Å². The Bertz CT molecular complexity index is 742. The maximum atomic E-state index is 11.7. The average Bonchev–Trinajstić information content (AvgIpc) is 2.94. The van der Waals surface area contributed by atoms with Crippen LogP contribution in [0.2, 0.25) is 0 Å². The molecule has 3 rings (SSSR count). The van der Waals surface area contributed by atoms with Gasteiger partial charge in [0.25, 0.3) is 0 Å². The van der Waals surface area contributed by atoms with Crippen LogP contribution in [0.4, 0.5) is 0 Å². The molecule has 16 nitrogen and oxygen atoms in total. The third-order valence-corrected chi connectivity index (χ3v) is 8.25. The van der Waals surface area contributed by atoms with E-state index >= 15 is 0 Å². The van der Waals surface area contributed by atoms with Crippen LogP contribution in [0, 0.1) is 5.92 Å². The lowest BCUT2D eigenvalue weighted by molar-refractivity contribution is -0.306. The Hall–Kier alpha value is -0.640. The van der Waals surface area contributed by atoms with Crippen LogP contribution in [0.25, 0.3) is 0 Å². The van der Waals surface area contributed by atoms with Gasteiger partial charge in [-0.05, 0) is 19.3 Å². The highest BCUT2D eigenvalue weighted by Crippen LogP contribution is 2.36. The van der Waals surface area contributed by atoms with E-state index in [1.807, 2.05) is 0 Å². The zero-order chi connectivity index (χ0) is 29.6. The average molecular weight is 583 g/mol. The number of nitrogens with one attached hydrogen (secondary N) is 2. The van der Waals surface area contributed by atoms with Crippen LogP contribution in [-0.2, 0) is 14.2 Å². The third kappa shape index (κ3) is 8.04. The number of hydrogen-bond acceptors (Lipinski definition) is 16. The molecule has 3 aliphatic rings. The van der Waals surface area contributed by atoms with Crippen LogP contribution >= 0.6 is 0 Å². The molecule has 0 bridgehead atoms. The first-order valence-electron chi connectivity index (χ1n) is 14.0. The number of aliphatic hydroxyl groups excluding tert-OH is 7. The van der Waals surface area contributed by atoms with Crippen molar-refractivity contribution in [2.75, 3.05) is 39.5 Å². The van der Waals surface area contributed by atoms with Crippen molar-refractivity contribution in [3.8, 4) is 0 Å². The smallest absolute Gasteiger partial charge is 0.186 e. The molecule has 14 atom stereocenters. The number of ether oxygens (including phenoxy) is 3. The molecule has 0 aromatic rings. The Kier molecular flexibility index (Phi) is 13.3. The second-order valence-electron chi connectivity index (χ2n) is 11.3. The lowest BCUT2D eigenvalue weighted by Crippen LogP contribution is -2.69. The molecule has 40 heavy (non-hydrogen) atoms. The molecule has 17 N–H and O–H groups in total. The van der Waals surface area contributed by atoms with E-state index in [0.717, 1.165) is 0 Å². The highest BCUT2D eigenvalue weighted by Gasteiger charge is 2.52. The van der Waals surface area contributed by atoms with Crippen LogP contribution < -0.4 is 33.6 Å². The van der Waals surface area contributed by atoms with E-state index in [1.165, 1.54) is 0 Å². The van der Waals surface area contributed by atoms with E-state index in [0.29, 0.717) is 25.9 Å². The molecule has 1 aliphatic carbocycles. The molecule has 1 saturated carbocycles. The molecule has 2 saturated heterocycles. The van der Waals surface area contributed by atoms with Gasteiger partial charge in [-0.25, -0.2) is 0 Å². The van der Waals surface area contributed by atoms with Crippen LogP contribution in [0.15, 0.2) is 0 Å². The standard InChI is InChI=1S/C24H50N6O10/c25-10(6-31)4-29-5-12-1-2-13(26)22(38-12)17-14(27)3-15(30-11(7-32)8-33)23(20(17)36)40-24-21(37)18(28)19(35)16(9-34)39-24/h10-24,29-37H,1-9,25-28H2. The quantitative estimate of drug-likeness (QED) is 0.0959. The topological polar surface area (TPSA) is 297 Å². The lowest BCUT2D eigenvalue weighted by Gasteiger charge is -2.51. The molecule has 0 aromatic carbocycles. The maximum Gasteiger partial charge on any atom is 0.186 e. The molecule has 0 aromatic heterocycles. The second-order valence-corrected chi connectivity index (χ2v) is 11.3. The Labute approximate surface area is 233 Å². The molecule has 14 unspecified atom stereocenters. The molecule has 0 spiro atoms. The fourth-order valence-electron chi connectivity index (χ4n) is 5.87. The molecule has 0 amide bonds. The van der Waals surface area contributed by atoms with Crippen LogP contribution in [0.5, 0.6) is 0 Å². The van der Waals surface area contributed by atoms with E-state index in [1.54, 1.807) is 0 Å². The fraction of sp³-hybridized carbons (Fsp3) is 1.00. The van der Waals surface area contributed by atoms with Gasteiger partial charge in [0.1, 0.15) is 24.4 Å². The summed E-state index contributed by atoms with van der Waals surface area (Å²) in [6.45, 7) is -0.670. The Balaban J connectivity index is 1.80. The second kappa shape index (κ2) is 15.7. The molecule has 2 aliphatic heterocycles. The first-order chi connectivity index (χ1) is 19.1. The van der Waals surface area contributed by atoms with Crippen LogP contribution in [0.1, 0.15) is 19.3 Å². The first kappa shape index (κ1) is 33.9. The van der Waals surface area contributed by atoms with Crippen LogP contribution in [-0.4, -0.2) is 161 Å². The number of aliphatic hydroxyl groups is 7. The summed E-state index contributed by atoms with van der Waals surface area (Å²) in [6.07, 6.45) is -7.15. The zero-order valence-electron chi connectivity index (χ0n) is 22.7. The summed E-state index contributed by atoms with van der Waals surface area (Å²) in [4.78, 5) is 0. The van der Waals surface area contributed by atoms with Crippen molar-refractivity contribution in [2.24, 2.45) is 28.9 Å². The Morgan fingerprint density at radius 2 is 1.57 bits per heavy atom. The molecule has 2 heterocycles. The monoisotopic (exact) mass is 582 g/mol. The van der Waals surface area contributed by atoms with Crippen molar-refractivity contribution < 1.29 is 50.0 Å². The van der Waals surface area contributed by atoms with Gasteiger partial charge in [-0.2, -0.15) is 0 Å².